The van der Waals surface area contributed by atoms with Crippen molar-refractivity contribution in [2.45, 2.75) is 69.1 Å². The monoisotopic (exact) mass is 316 g/mol. The van der Waals surface area contributed by atoms with E-state index >= 15 is 0 Å². The lowest BCUT2D eigenvalue weighted by atomic mass is 9.82. The molecule has 21 heavy (non-hydrogen) atoms. The molecule has 0 aromatic carbocycles. The van der Waals surface area contributed by atoms with Crippen molar-refractivity contribution in [1.82, 2.24) is 10.6 Å². The first kappa shape index (κ1) is 18.1. The molecule has 0 aromatic rings. The van der Waals surface area contributed by atoms with Crippen molar-refractivity contribution in [3.05, 3.63) is 0 Å². The van der Waals surface area contributed by atoms with Crippen LogP contribution in [-0.2, 0) is 4.79 Å². The molecule has 1 saturated carbocycles. The minimum absolute atomic E-state index is 0.0281. The van der Waals surface area contributed by atoms with Gasteiger partial charge in [-0.05, 0) is 31.9 Å². The second-order valence-corrected chi connectivity index (χ2v) is 7.12. The molecule has 0 saturated heterocycles. The average molecular weight is 316 g/mol. The summed E-state index contributed by atoms with van der Waals surface area (Å²) in [6, 6.07) is -0.361. The molecule has 0 aliphatic heterocycles. The van der Waals surface area contributed by atoms with Crippen LogP contribution in [0.4, 0.5) is 4.79 Å². The number of carboxylic acids is 1. The van der Waals surface area contributed by atoms with E-state index in [9.17, 15) is 14.7 Å². The quantitative estimate of drug-likeness (QED) is 0.674. The van der Waals surface area contributed by atoms with Crippen LogP contribution >= 0.6 is 11.8 Å². The predicted molar refractivity (Wildman–Crippen MR) is 86.8 cm³/mol. The van der Waals surface area contributed by atoms with Crippen molar-refractivity contribution in [3.8, 4) is 0 Å². The van der Waals surface area contributed by atoms with E-state index in [1.165, 1.54) is 0 Å². The van der Waals surface area contributed by atoms with Gasteiger partial charge in [-0.2, -0.15) is 11.8 Å². The Kier molecular flexibility index (Phi) is 6.84. The second-order valence-electron chi connectivity index (χ2n) is 5.85. The minimum atomic E-state index is -1.08. The van der Waals surface area contributed by atoms with Crippen LogP contribution < -0.4 is 10.6 Å². The van der Waals surface area contributed by atoms with Crippen molar-refractivity contribution in [1.29, 1.82) is 0 Å². The van der Waals surface area contributed by atoms with Gasteiger partial charge in [0.05, 0.1) is 0 Å². The van der Waals surface area contributed by atoms with Gasteiger partial charge in [0.1, 0.15) is 5.54 Å². The molecule has 0 atom stereocenters. The van der Waals surface area contributed by atoms with E-state index in [-0.39, 0.29) is 10.8 Å². The van der Waals surface area contributed by atoms with Gasteiger partial charge in [0.25, 0.3) is 0 Å². The maximum Gasteiger partial charge on any atom is 0.329 e. The van der Waals surface area contributed by atoms with E-state index in [2.05, 4.69) is 24.5 Å². The van der Waals surface area contributed by atoms with E-state index in [0.29, 0.717) is 19.4 Å². The van der Waals surface area contributed by atoms with Crippen LogP contribution in [0.3, 0.4) is 0 Å². The molecule has 1 rings (SSSR count). The SMILES string of the molecule is CCC(CC)(CNC(=O)NC1(C(=O)O)CCCCC1)SC. The van der Waals surface area contributed by atoms with Gasteiger partial charge < -0.3 is 15.7 Å². The Balaban J connectivity index is 2.61. The Morgan fingerprint density at radius 3 is 2.19 bits per heavy atom. The lowest BCUT2D eigenvalue weighted by Gasteiger charge is -2.35. The molecule has 1 aliphatic rings. The smallest absolute Gasteiger partial charge is 0.329 e. The first-order chi connectivity index (χ1) is 9.93. The standard InChI is InChI=1S/C15H28N2O3S/c1-4-14(5-2,21-3)11-16-13(20)17-15(12(18)19)9-7-6-8-10-15/h4-11H2,1-3H3,(H,18,19)(H2,16,17,20). The summed E-state index contributed by atoms with van der Waals surface area (Å²) in [6.45, 7) is 4.78. The van der Waals surface area contributed by atoms with Gasteiger partial charge in [-0.3, -0.25) is 0 Å². The van der Waals surface area contributed by atoms with E-state index in [1.807, 2.05) is 6.26 Å². The highest BCUT2D eigenvalue weighted by Crippen LogP contribution is 2.30. The van der Waals surface area contributed by atoms with Crippen LogP contribution in [0.2, 0.25) is 0 Å². The van der Waals surface area contributed by atoms with Crippen molar-refractivity contribution in [2.24, 2.45) is 0 Å². The molecule has 0 bridgehead atoms. The van der Waals surface area contributed by atoms with E-state index < -0.39 is 11.5 Å². The number of urea groups is 1. The number of carbonyl (C=O) groups is 2. The molecule has 0 spiro atoms. The zero-order valence-corrected chi connectivity index (χ0v) is 14.1. The van der Waals surface area contributed by atoms with Gasteiger partial charge in [0.15, 0.2) is 0 Å². The molecule has 0 heterocycles. The van der Waals surface area contributed by atoms with Crippen LogP contribution in [0.1, 0.15) is 58.8 Å². The third kappa shape index (κ3) is 4.53. The zero-order chi connectivity index (χ0) is 15.9. The molecular formula is C15H28N2O3S. The number of amides is 2. The Labute approximate surface area is 131 Å². The molecule has 1 aliphatic carbocycles. The minimum Gasteiger partial charge on any atom is -0.480 e. The predicted octanol–water partition coefficient (Wildman–Crippen LogP) is 2.99. The van der Waals surface area contributed by atoms with Crippen LogP contribution in [0, 0.1) is 0 Å². The van der Waals surface area contributed by atoms with E-state index in [1.54, 1.807) is 11.8 Å². The van der Waals surface area contributed by atoms with Gasteiger partial charge in [-0.15, -0.1) is 0 Å². The molecule has 0 aromatic heterocycles. The maximum atomic E-state index is 12.1. The number of carbonyl (C=O) groups excluding carboxylic acids is 1. The Bertz CT molecular complexity index is 356. The van der Waals surface area contributed by atoms with Crippen LogP contribution in [0.15, 0.2) is 0 Å². The fraction of sp³-hybridized carbons (Fsp3) is 0.867. The molecule has 0 radical (unpaired) electrons. The van der Waals surface area contributed by atoms with Crippen molar-refractivity contribution >= 4 is 23.8 Å². The number of nitrogens with one attached hydrogen (secondary N) is 2. The second kappa shape index (κ2) is 7.92. The summed E-state index contributed by atoms with van der Waals surface area (Å²) in [4.78, 5) is 23.7. The molecule has 1 fully saturated rings. The fourth-order valence-corrected chi connectivity index (χ4v) is 3.71. The first-order valence-corrected chi connectivity index (χ1v) is 9.00. The number of aliphatic carboxylic acids is 1. The number of carboxylic acid groups (broad SMARTS) is 1. The summed E-state index contributed by atoms with van der Waals surface area (Å²) in [6.07, 6.45) is 7.77. The molecule has 2 amide bonds. The zero-order valence-electron chi connectivity index (χ0n) is 13.3. The molecule has 5 nitrogen and oxygen atoms in total. The van der Waals surface area contributed by atoms with Crippen molar-refractivity contribution in [3.63, 3.8) is 0 Å². The summed E-state index contributed by atoms with van der Waals surface area (Å²) in [7, 11) is 0. The van der Waals surface area contributed by atoms with Gasteiger partial charge in [-0.1, -0.05) is 33.1 Å². The maximum absolute atomic E-state index is 12.1. The van der Waals surface area contributed by atoms with Gasteiger partial charge in [0, 0.05) is 11.3 Å². The third-order valence-corrected chi connectivity index (χ3v) is 6.35. The summed E-state index contributed by atoms with van der Waals surface area (Å²) >= 11 is 1.75. The van der Waals surface area contributed by atoms with E-state index in [0.717, 1.165) is 32.1 Å². The van der Waals surface area contributed by atoms with Crippen molar-refractivity contribution in [2.75, 3.05) is 12.8 Å². The van der Waals surface area contributed by atoms with Gasteiger partial charge in [-0.25, -0.2) is 9.59 Å². The summed E-state index contributed by atoms with van der Waals surface area (Å²) in [5.41, 5.74) is -1.08. The normalized spacial score (nSPS) is 18.0. The number of rotatable bonds is 7. The fourth-order valence-electron chi connectivity index (χ4n) is 2.91. The Morgan fingerprint density at radius 2 is 1.76 bits per heavy atom. The molecule has 3 N–H and O–H groups in total. The highest BCUT2D eigenvalue weighted by molar-refractivity contribution is 8.00. The van der Waals surface area contributed by atoms with Crippen LogP contribution in [0.25, 0.3) is 0 Å². The Morgan fingerprint density at radius 1 is 1.19 bits per heavy atom. The number of hydrogen-bond acceptors (Lipinski definition) is 3. The highest BCUT2D eigenvalue weighted by atomic mass is 32.2. The number of hydrogen-bond donors (Lipinski definition) is 3. The summed E-state index contributed by atoms with van der Waals surface area (Å²) in [5.74, 6) is -0.917. The van der Waals surface area contributed by atoms with Crippen LogP contribution in [0.5, 0.6) is 0 Å². The van der Waals surface area contributed by atoms with Gasteiger partial charge in [0.2, 0.25) is 0 Å². The molecular weight excluding hydrogens is 288 g/mol. The Hall–Kier alpha value is -0.910. The number of thioether (sulfide) groups is 1. The van der Waals surface area contributed by atoms with Crippen molar-refractivity contribution < 1.29 is 14.7 Å². The lowest BCUT2D eigenvalue weighted by Crippen LogP contribution is -2.59. The largest absolute Gasteiger partial charge is 0.480 e. The molecule has 122 valence electrons. The summed E-state index contributed by atoms with van der Waals surface area (Å²) < 4.78 is 0.0281. The van der Waals surface area contributed by atoms with Gasteiger partial charge >= 0.3 is 12.0 Å². The molecule has 6 heteroatoms. The topological polar surface area (TPSA) is 78.4 Å². The average Bonchev–Trinajstić information content (AvgIpc) is 2.50. The summed E-state index contributed by atoms with van der Waals surface area (Å²) in [5, 5.41) is 15.0. The molecule has 0 unspecified atom stereocenters. The van der Waals surface area contributed by atoms with E-state index in [4.69, 9.17) is 0 Å². The third-order valence-electron chi connectivity index (χ3n) is 4.76. The highest BCUT2D eigenvalue weighted by Gasteiger charge is 2.41. The lowest BCUT2D eigenvalue weighted by molar-refractivity contribution is -0.145. The first-order valence-electron chi connectivity index (χ1n) is 7.78. The van der Waals surface area contributed by atoms with Crippen LogP contribution in [-0.4, -0.2) is 40.2 Å².